The molecule has 1 N–H and O–H groups in total. The number of aromatic nitrogens is 1. The number of carbonyl (C=O) groups excluding carboxylic acids is 2. The number of rotatable bonds is 5. The van der Waals surface area contributed by atoms with Gasteiger partial charge in [-0.15, -0.1) is 0 Å². The summed E-state index contributed by atoms with van der Waals surface area (Å²) >= 11 is 1.38. The molecule has 5 nitrogen and oxygen atoms in total. The van der Waals surface area contributed by atoms with Crippen molar-refractivity contribution in [3.8, 4) is 0 Å². The van der Waals surface area contributed by atoms with Crippen molar-refractivity contribution in [1.29, 1.82) is 0 Å². The van der Waals surface area contributed by atoms with Gasteiger partial charge in [0.1, 0.15) is 5.03 Å². The van der Waals surface area contributed by atoms with Gasteiger partial charge >= 0.3 is 5.97 Å². The highest BCUT2D eigenvalue weighted by molar-refractivity contribution is 7.99. The molecule has 0 saturated carbocycles. The van der Waals surface area contributed by atoms with E-state index in [9.17, 15) is 9.59 Å². The van der Waals surface area contributed by atoms with Crippen LogP contribution in [0.3, 0.4) is 0 Å². The van der Waals surface area contributed by atoms with Crippen molar-refractivity contribution in [1.82, 2.24) is 10.3 Å². The lowest BCUT2D eigenvalue weighted by molar-refractivity contribution is -0.123. The topological polar surface area (TPSA) is 68.3 Å². The van der Waals surface area contributed by atoms with E-state index in [1.807, 2.05) is 31.2 Å². The fourth-order valence-corrected chi connectivity index (χ4v) is 2.50. The number of nitrogens with zero attached hydrogens (tertiary/aromatic N) is 1. The van der Waals surface area contributed by atoms with Crippen LogP contribution in [0.4, 0.5) is 0 Å². The molecule has 6 heteroatoms. The normalized spacial score (nSPS) is 10.1. The maximum absolute atomic E-state index is 12.1. The zero-order valence-corrected chi connectivity index (χ0v) is 13.1. The lowest BCUT2D eigenvalue weighted by atomic mass is 10.2. The minimum Gasteiger partial charge on any atom is -0.452 e. The second-order valence-corrected chi connectivity index (χ2v) is 5.58. The summed E-state index contributed by atoms with van der Waals surface area (Å²) in [6.45, 7) is 1.70. The third-order valence-corrected chi connectivity index (χ3v) is 3.87. The van der Waals surface area contributed by atoms with Crippen LogP contribution in [0.15, 0.2) is 52.5 Å². The first kappa shape index (κ1) is 16.0. The van der Waals surface area contributed by atoms with Gasteiger partial charge in [0.2, 0.25) is 0 Å². The standard InChI is InChI=1S/C16H16N2O3S/c1-11-5-7-12(8-6-11)22-15-13(4-3-9-18-15)16(20)21-10-14(19)17-2/h3-9H,10H2,1-2H3,(H,17,19). The average molecular weight is 316 g/mol. The number of carbonyl (C=O) groups is 2. The zero-order chi connectivity index (χ0) is 15.9. The van der Waals surface area contributed by atoms with E-state index in [-0.39, 0.29) is 12.5 Å². The van der Waals surface area contributed by atoms with Gasteiger partial charge in [-0.1, -0.05) is 29.5 Å². The highest BCUT2D eigenvalue weighted by Crippen LogP contribution is 2.29. The second-order valence-electron chi connectivity index (χ2n) is 4.52. The number of aryl methyl sites for hydroxylation is 1. The molecule has 0 aliphatic heterocycles. The predicted molar refractivity (Wildman–Crippen MR) is 83.9 cm³/mol. The van der Waals surface area contributed by atoms with E-state index in [4.69, 9.17) is 4.74 Å². The van der Waals surface area contributed by atoms with Gasteiger partial charge in [-0.25, -0.2) is 9.78 Å². The second kappa shape index (κ2) is 7.61. The third-order valence-electron chi connectivity index (χ3n) is 2.84. The molecule has 0 aliphatic carbocycles. The molecule has 0 fully saturated rings. The van der Waals surface area contributed by atoms with Crippen molar-refractivity contribution >= 4 is 23.6 Å². The summed E-state index contributed by atoms with van der Waals surface area (Å²) in [5.41, 5.74) is 1.51. The van der Waals surface area contributed by atoms with Gasteiger partial charge in [-0.05, 0) is 31.2 Å². The first-order valence-corrected chi connectivity index (χ1v) is 7.49. The minimum absolute atomic E-state index is 0.307. The van der Waals surface area contributed by atoms with Crippen molar-refractivity contribution in [2.24, 2.45) is 0 Å². The van der Waals surface area contributed by atoms with Crippen LogP contribution in [-0.4, -0.2) is 30.5 Å². The summed E-state index contributed by atoms with van der Waals surface area (Å²) in [5.74, 6) is -0.920. The van der Waals surface area contributed by atoms with E-state index in [1.165, 1.54) is 18.8 Å². The van der Waals surface area contributed by atoms with Crippen molar-refractivity contribution in [3.63, 3.8) is 0 Å². The largest absolute Gasteiger partial charge is 0.452 e. The summed E-state index contributed by atoms with van der Waals surface area (Å²) in [5, 5.41) is 2.94. The Balaban J connectivity index is 2.14. The van der Waals surface area contributed by atoms with Crippen LogP contribution in [0.2, 0.25) is 0 Å². The van der Waals surface area contributed by atoms with Gasteiger partial charge < -0.3 is 10.1 Å². The Morgan fingerprint density at radius 3 is 2.64 bits per heavy atom. The van der Waals surface area contributed by atoms with Gasteiger partial charge in [0.25, 0.3) is 5.91 Å². The highest BCUT2D eigenvalue weighted by Gasteiger charge is 2.15. The SMILES string of the molecule is CNC(=O)COC(=O)c1cccnc1Sc1ccc(C)cc1. The van der Waals surface area contributed by atoms with E-state index in [1.54, 1.807) is 18.3 Å². The van der Waals surface area contributed by atoms with E-state index in [0.29, 0.717) is 10.6 Å². The minimum atomic E-state index is -0.564. The number of ether oxygens (including phenoxy) is 1. The van der Waals surface area contributed by atoms with Crippen molar-refractivity contribution in [3.05, 3.63) is 53.7 Å². The third kappa shape index (κ3) is 4.33. The van der Waals surface area contributed by atoms with Crippen LogP contribution < -0.4 is 5.32 Å². The lowest BCUT2D eigenvalue weighted by Crippen LogP contribution is -2.25. The molecule has 0 radical (unpaired) electrons. The molecular formula is C16H16N2O3S. The summed E-state index contributed by atoms with van der Waals surface area (Å²) < 4.78 is 4.97. The molecule has 0 aliphatic rings. The van der Waals surface area contributed by atoms with E-state index in [2.05, 4.69) is 10.3 Å². The number of pyridine rings is 1. The molecule has 0 atom stereocenters. The quantitative estimate of drug-likeness (QED) is 0.858. The molecule has 0 spiro atoms. The summed E-state index contributed by atoms with van der Waals surface area (Å²) in [4.78, 5) is 28.4. The molecule has 2 rings (SSSR count). The van der Waals surface area contributed by atoms with Crippen molar-refractivity contribution in [2.45, 2.75) is 16.8 Å². The smallest absolute Gasteiger partial charge is 0.341 e. The van der Waals surface area contributed by atoms with Gasteiger partial charge in [-0.2, -0.15) is 0 Å². The Kier molecular flexibility index (Phi) is 5.55. The number of likely N-dealkylation sites (N-methyl/N-ethyl adjacent to an activating group) is 1. The molecular weight excluding hydrogens is 300 g/mol. The number of benzene rings is 1. The van der Waals surface area contributed by atoms with Crippen LogP contribution in [0.1, 0.15) is 15.9 Å². The summed E-state index contributed by atoms with van der Waals surface area (Å²) in [6, 6.07) is 11.2. The fraction of sp³-hybridized carbons (Fsp3) is 0.188. The molecule has 0 bridgehead atoms. The van der Waals surface area contributed by atoms with Gasteiger partial charge in [0, 0.05) is 18.1 Å². The first-order chi connectivity index (χ1) is 10.6. The molecule has 1 heterocycles. The summed E-state index contributed by atoms with van der Waals surface area (Å²) in [7, 11) is 1.49. The first-order valence-electron chi connectivity index (χ1n) is 6.67. The van der Waals surface area contributed by atoms with Crippen LogP contribution in [0.25, 0.3) is 0 Å². The Morgan fingerprint density at radius 2 is 1.95 bits per heavy atom. The maximum atomic E-state index is 12.1. The Morgan fingerprint density at radius 1 is 1.23 bits per heavy atom. The van der Waals surface area contributed by atoms with Gasteiger partial charge in [-0.3, -0.25) is 4.79 Å². The predicted octanol–water partition coefficient (Wildman–Crippen LogP) is 2.44. The van der Waals surface area contributed by atoms with Crippen LogP contribution in [-0.2, 0) is 9.53 Å². The number of nitrogens with one attached hydrogen (secondary N) is 1. The molecule has 0 unspecified atom stereocenters. The number of hydrogen-bond acceptors (Lipinski definition) is 5. The molecule has 114 valence electrons. The monoisotopic (exact) mass is 316 g/mol. The Bertz CT molecular complexity index is 671. The Hall–Kier alpha value is -2.34. The lowest BCUT2D eigenvalue weighted by Gasteiger charge is -2.08. The van der Waals surface area contributed by atoms with Crippen LogP contribution in [0.5, 0.6) is 0 Å². The number of hydrogen-bond donors (Lipinski definition) is 1. The van der Waals surface area contributed by atoms with Gasteiger partial charge in [0.15, 0.2) is 6.61 Å². The average Bonchev–Trinajstić information content (AvgIpc) is 2.55. The molecule has 1 amide bonds. The highest BCUT2D eigenvalue weighted by atomic mass is 32.2. The Labute approximate surface area is 133 Å². The molecule has 22 heavy (non-hydrogen) atoms. The van der Waals surface area contributed by atoms with Gasteiger partial charge in [0.05, 0.1) is 5.56 Å². The van der Waals surface area contributed by atoms with Crippen molar-refractivity contribution in [2.75, 3.05) is 13.7 Å². The molecule has 2 aromatic rings. The maximum Gasteiger partial charge on any atom is 0.341 e. The molecule has 1 aromatic carbocycles. The molecule has 1 aromatic heterocycles. The van der Waals surface area contributed by atoms with E-state index < -0.39 is 5.97 Å². The fourth-order valence-electron chi connectivity index (χ4n) is 1.63. The van der Waals surface area contributed by atoms with Crippen molar-refractivity contribution < 1.29 is 14.3 Å². The summed E-state index contributed by atoms with van der Waals surface area (Å²) in [6.07, 6.45) is 1.62. The van der Waals surface area contributed by atoms with Crippen LogP contribution in [0, 0.1) is 6.92 Å². The zero-order valence-electron chi connectivity index (χ0n) is 12.3. The van der Waals surface area contributed by atoms with Crippen LogP contribution >= 0.6 is 11.8 Å². The van der Waals surface area contributed by atoms with E-state index in [0.717, 1.165) is 10.5 Å². The number of amides is 1. The van der Waals surface area contributed by atoms with E-state index >= 15 is 0 Å². The molecule has 0 saturated heterocycles. The number of esters is 1.